The molecule has 33 heavy (non-hydrogen) atoms. The predicted molar refractivity (Wildman–Crippen MR) is 127 cm³/mol. The Morgan fingerprint density at radius 1 is 1.24 bits per heavy atom. The SMILES string of the molecule is CCc1nc(CN2CC(C(=O)OC)C2)ccc1-c1noc(-c2ccc(CC(C)C)c(Cl)c2)n1. The Bertz CT molecular complexity index is 1140. The molecule has 0 bridgehead atoms. The second kappa shape index (κ2) is 10.0. The summed E-state index contributed by atoms with van der Waals surface area (Å²) in [6.45, 7) is 8.48. The highest BCUT2D eigenvalue weighted by atomic mass is 35.5. The molecule has 0 aliphatic carbocycles. The van der Waals surface area contributed by atoms with E-state index in [0.717, 1.165) is 40.9 Å². The molecule has 3 heterocycles. The third kappa shape index (κ3) is 5.25. The van der Waals surface area contributed by atoms with Crippen LogP contribution in [-0.4, -0.2) is 46.2 Å². The van der Waals surface area contributed by atoms with Gasteiger partial charge in [0, 0.05) is 35.8 Å². The van der Waals surface area contributed by atoms with Gasteiger partial charge in [0.05, 0.1) is 24.4 Å². The van der Waals surface area contributed by atoms with E-state index in [0.29, 0.717) is 42.3 Å². The number of carbonyl (C=O) groups is 1. The molecule has 8 heteroatoms. The minimum Gasteiger partial charge on any atom is -0.469 e. The molecular formula is C25H29ClN4O3. The van der Waals surface area contributed by atoms with Gasteiger partial charge in [0.1, 0.15) is 0 Å². The molecule has 0 spiro atoms. The van der Waals surface area contributed by atoms with Crippen LogP contribution in [0, 0.1) is 11.8 Å². The number of aryl methyl sites for hydroxylation is 1. The number of hydrogen-bond acceptors (Lipinski definition) is 7. The average Bonchev–Trinajstić information content (AvgIpc) is 3.26. The molecular weight excluding hydrogens is 440 g/mol. The maximum Gasteiger partial charge on any atom is 0.311 e. The van der Waals surface area contributed by atoms with Crippen molar-refractivity contribution in [3.05, 3.63) is 52.3 Å². The molecule has 0 N–H and O–H groups in total. The first-order chi connectivity index (χ1) is 15.9. The van der Waals surface area contributed by atoms with Crippen molar-refractivity contribution in [3.8, 4) is 22.8 Å². The zero-order valence-corrected chi connectivity index (χ0v) is 20.2. The molecule has 1 aliphatic heterocycles. The van der Waals surface area contributed by atoms with Crippen LogP contribution in [0.1, 0.15) is 37.7 Å². The van der Waals surface area contributed by atoms with Crippen LogP contribution in [-0.2, 0) is 28.9 Å². The number of ether oxygens (including phenoxy) is 1. The molecule has 4 rings (SSSR count). The van der Waals surface area contributed by atoms with Crippen molar-refractivity contribution in [1.29, 1.82) is 0 Å². The third-order valence-corrected chi connectivity index (χ3v) is 6.19. The highest BCUT2D eigenvalue weighted by Crippen LogP contribution is 2.29. The van der Waals surface area contributed by atoms with E-state index in [1.54, 1.807) is 0 Å². The molecule has 174 valence electrons. The van der Waals surface area contributed by atoms with Gasteiger partial charge in [-0.05, 0) is 48.6 Å². The lowest BCUT2D eigenvalue weighted by Gasteiger charge is -2.37. The van der Waals surface area contributed by atoms with Crippen LogP contribution >= 0.6 is 11.6 Å². The van der Waals surface area contributed by atoms with Gasteiger partial charge < -0.3 is 9.26 Å². The normalized spacial score (nSPS) is 14.5. The summed E-state index contributed by atoms with van der Waals surface area (Å²) in [6, 6.07) is 9.85. The number of rotatable bonds is 8. The fourth-order valence-electron chi connectivity index (χ4n) is 4.09. The minimum atomic E-state index is -0.146. The van der Waals surface area contributed by atoms with Gasteiger partial charge in [-0.25, -0.2) is 0 Å². The monoisotopic (exact) mass is 468 g/mol. The number of hydrogen-bond donors (Lipinski definition) is 0. The van der Waals surface area contributed by atoms with Gasteiger partial charge in [-0.3, -0.25) is 14.7 Å². The molecule has 0 saturated carbocycles. The Morgan fingerprint density at radius 2 is 2.03 bits per heavy atom. The number of pyridine rings is 1. The molecule has 0 atom stereocenters. The summed E-state index contributed by atoms with van der Waals surface area (Å²) in [5, 5.41) is 4.91. The van der Waals surface area contributed by atoms with Crippen molar-refractivity contribution >= 4 is 17.6 Å². The maximum atomic E-state index is 11.6. The number of aromatic nitrogens is 3. The fraction of sp³-hybridized carbons (Fsp3) is 0.440. The van der Waals surface area contributed by atoms with Gasteiger partial charge in [-0.1, -0.05) is 43.6 Å². The minimum absolute atomic E-state index is 0.0365. The summed E-state index contributed by atoms with van der Waals surface area (Å²) < 4.78 is 10.4. The molecule has 1 aromatic carbocycles. The van der Waals surface area contributed by atoms with E-state index in [2.05, 4.69) is 35.8 Å². The lowest BCUT2D eigenvalue weighted by molar-refractivity contribution is -0.151. The Morgan fingerprint density at radius 3 is 2.70 bits per heavy atom. The van der Waals surface area contributed by atoms with Crippen LogP contribution in [0.4, 0.5) is 0 Å². The average molecular weight is 469 g/mol. The van der Waals surface area contributed by atoms with E-state index >= 15 is 0 Å². The third-order valence-electron chi connectivity index (χ3n) is 5.84. The Labute approximate surface area is 199 Å². The topological polar surface area (TPSA) is 81.4 Å². The number of benzene rings is 1. The van der Waals surface area contributed by atoms with Crippen molar-refractivity contribution in [3.63, 3.8) is 0 Å². The molecule has 0 radical (unpaired) electrons. The maximum absolute atomic E-state index is 11.6. The molecule has 7 nitrogen and oxygen atoms in total. The quantitative estimate of drug-likeness (QED) is 0.438. The van der Waals surface area contributed by atoms with Crippen molar-refractivity contribution < 1.29 is 14.1 Å². The van der Waals surface area contributed by atoms with E-state index in [-0.39, 0.29) is 11.9 Å². The zero-order chi connectivity index (χ0) is 23.5. The van der Waals surface area contributed by atoms with E-state index in [1.165, 1.54) is 7.11 Å². The first-order valence-corrected chi connectivity index (χ1v) is 11.7. The summed E-state index contributed by atoms with van der Waals surface area (Å²) in [5.74, 6) is 1.29. The summed E-state index contributed by atoms with van der Waals surface area (Å²) in [4.78, 5) is 23.2. The molecule has 3 aromatic rings. The first-order valence-electron chi connectivity index (χ1n) is 11.3. The predicted octanol–water partition coefficient (Wildman–Crippen LogP) is 4.82. The van der Waals surface area contributed by atoms with Gasteiger partial charge >= 0.3 is 5.97 Å². The summed E-state index contributed by atoms with van der Waals surface area (Å²) >= 11 is 6.48. The van der Waals surface area contributed by atoms with Crippen molar-refractivity contribution in [2.24, 2.45) is 11.8 Å². The fourth-order valence-corrected chi connectivity index (χ4v) is 4.35. The van der Waals surface area contributed by atoms with Gasteiger partial charge in [-0.2, -0.15) is 4.98 Å². The number of likely N-dealkylation sites (tertiary alicyclic amines) is 1. The lowest BCUT2D eigenvalue weighted by Crippen LogP contribution is -2.50. The summed E-state index contributed by atoms with van der Waals surface area (Å²) in [7, 11) is 1.43. The Balaban J connectivity index is 1.49. The Kier molecular flexibility index (Phi) is 7.10. The molecule has 0 amide bonds. The number of esters is 1. The van der Waals surface area contributed by atoms with E-state index < -0.39 is 0 Å². The summed E-state index contributed by atoms with van der Waals surface area (Å²) in [6.07, 6.45) is 1.67. The van der Waals surface area contributed by atoms with Crippen molar-refractivity contribution in [1.82, 2.24) is 20.0 Å². The van der Waals surface area contributed by atoms with Crippen LogP contribution in [0.25, 0.3) is 22.8 Å². The van der Waals surface area contributed by atoms with Crippen molar-refractivity contribution in [2.45, 2.75) is 40.2 Å². The summed E-state index contributed by atoms with van der Waals surface area (Å²) in [5.41, 5.74) is 4.63. The van der Waals surface area contributed by atoms with Crippen molar-refractivity contribution in [2.75, 3.05) is 20.2 Å². The van der Waals surface area contributed by atoms with E-state index in [4.69, 9.17) is 25.8 Å². The van der Waals surface area contributed by atoms with E-state index in [9.17, 15) is 4.79 Å². The molecule has 1 saturated heterocycles. The Hall–Kier alpha value is -2.77. The van der Waals surface area contributed by atoms with Gasteiger partial charge in [-0.15, -0.1) is 0 Å². The van der Waals surface area contributed by atoms with Crippen LogP contribution < -0.4 is 0 Å². The van der Waals surface area contributed by atoms with Gasteiger partial charge in [0.2, 0.25) is 5.82 Å². The van der Waals surface area contributed by atoms with Gasteiger partial charge in [0.25, 0.3) is 5.89 Å². The number of methoxy groups -OCH3 is 1. The second-order valence-corrected chi connectivity index (χ2v) is 9.30. The highest BCUT2D eigenvalue weighted by molar-refractivity contribution is 6.31. The number of halogens is 1. The van der Waals surface area contributed by atoms with Crippen LogP contribution in [0.2, 0.25) is 5.02 Å². The molecule has 1 fully saturated rings. The number of nitrogens with zero attached hydrogens (tertiary/aromatic N) is 4. The molecule has 0 unspecified atom stereocenters. The highest BCUT2D eigenvalue weighted by Gasteiger charge is 2.33. The smallest absolute Gasteiger partial charge is 0.311 e. The van der Waals surface area contributed by atoms with E-state index in [1.807, 2.05) is 30.3 Å². The number of carbonyl (C=O) groups excluding carboxylic acids is 1. The zero-order valence-electron chi connectivity index (χ0n) is 19.5. The molecule has 1 aliphatic rings. The van der Waals surface area contributed by atoms with Crippen LogP contribution in [0.3, 0.4) is 0 Å². The molecule has 2 aromatic heterocycles. The standard InChI is InChI=1S/C25H29ClN4O3/c1-5-22-20(9-8-19(27-22)14-30-12-18(13-30)25(31)32-4)23-28-24(33-29-23)17-7-6-16(10-15(2)3)21(26)11-17/h6-9,11,15,18H,5,10,12-14H2,1-4H3. The second-order valence-electron chi connectivity index (χ2n) is 8.89. The van der Waals surface area contributed by atoms with Crippen LogP contribution in [0.15, 0.2) is 34.9 Å². The largest absolute Gasteiger partial charge is 0.469 e. The first kappa shape index (κ1) is 23.4. The van der Waals surface area contributed by atoms with Crippen LogP contribution in [0.5, 0.6) is 0 Å². The van der Waals surface area contributed by atoms with Gasteiger partial charge in [0.15, 0.2) is 0 Å². The lowest BCUT2D eigenvalue weighted by atomic mass is 10.00.